The molecule has 0 spiro atoms. The zero-order valence-electron chi connectivity index (χ0n) is 8.73. The predicted molar refractivity (Wildman–Crippen MR) is 62.2 cm³/mol. The highest BCUT2D eigenvalue weighted by molar-refractivity contribution is 7.99. The van der Waals surface area contributed by atoms with E-state index in [0.717, 1.165) is 17.1 Å². The largest absolute Gasteiger partial charge is 0.465 e. The number of hydrogen-bond donors (Lipinski definition) is 1. The summed E-state index contributed by atoms with van der Waals surface area (Å²) in [7, 11) is 1.38. The quantitative estimate of drug-likeness (QED) is 0.472. The molecule has 0 heterocycles. The van der Waals surface area contributed by atoms with Crippen molar-refractivity contribution in [2.24, 2.45) is 5.73 Å². The van der Waals surface area contributed by atoms with E-state index in [0.29, 0.717) is 12.1 Å². The number of carbonyl (C=O) groups excluding carboxylic acids is 1. The molecule has 1 aromatic rings. The van der Waals surface area contributed by atoms with Gasteiger partial charge in [-0.2, -0.15) is 0 Å². The van der Waals surface area contributed by atoms with E-state index in [-0.39, 0.29) is 5.97 Å². The van der Waals surface area contributed by atoms with Crippen molar-refractivity contribution in [1.82, 2.24) is 0 Å². The van der Waals surface area contributed by atoms with Gasteiger partial charge in [-0.3, -0.25) is 0 Å². The Kier molecular flexibility index (Phi) is 5.21. The molecule has 0 bridgehead atoms. The Morgan fingerprint density at radius 3 is 2.60 bits per heavy atom. The summed E-state index contributed by atoms with van der Waals surface area (Å²) in [6, 6.07) is 7.40. The van der Waals surface area contributed by atoms with Crippen molar-refractivity contribution in [3.8, 4) is 0 Å². The second kappa shape index (κ2) is 6.48. The monoisotopic (exact) mass is 225 g/mol. The molecular weight excluding hydrogens is 210 g/mol. The molecule has 82 valence electrons. The lowest BCUT2D eigenvalue weighted by Gasteiger charge is -2.02. The van der Waals surface area contributed by atoms with Gasteiger partial charge < -0.3 is 10.5 Å². The van der Waals surface area contributed by atoms with Gasteiger partial charge in [-0.15, -0.1) is 11.8 Å². The molecule has 0 fully saturated rings. The Balaban J connectivity index is 2.52. The molecule has 0 atom stereocenters. The number of benzene rings is 1. The number of rotatable bonds is 5. The normalized spacial score (nSPS) is 10.0. The molecule has 3 nitrogen and oxygen atoms in total. The lowest BCUT2D eigenvalue weighted by atomic mass is 10.2. The minimum atomic E-state index is -0.298. The predicted octanol–water partition coefficient (Wildman–Crippen LogP) is 1.91. The van der Waals surface area contributed by atoms with Crippen molar-refractivity contribution in [3.05, 3.63) is 29.8 Å². The zero-order chi connectivity index (χ0) is 11.1. The van der Waals surface area contributed by atoms with Gasteiger partial charge in [0.25, 0.3) is 0 Å². The molecule has 1 aromatic carbocycles. The fourth-order valence-electron chi connectivity index (χ4n) is 1.08. The van der Waals surface area contributed by atoms with Crippen LogP contribution in [0, 0.1) is 0 Å². The Morgan fingerprint density at radius 2 is 2.07 bits per heavy atom. The number of thioether (sulfide) groups is 1. The minimum Gasteiger partial charge on any atom is -0.465 e. The maximum absolute atomic E-state index is 11.1. The first-order valence-electron chi connectivity index (χ1n) is 4.79. The van der Waals surface area contributed by atoms with E-state index >= 15 is 0 Å². The van der Waals surface area contributed by atoms with Crippen LogP contribution in [0.4, 0.5) is 0 Å². The first-order valence-corrected chi connectivity index (χ1v) is 5.77. The summed E-state index contributed by atoms with van der Waals surface area (Å²) in [6.07, 6.45) is 1.00. The SMILES string of the molecule is COC(=O)c1ccc(SCCCN)cc1. The summed E-state index contributed by atoms with van der Waals surface area (Å²) in [5.74, 6) is 0.710. The summed E-state index contributed by atoms with van der Waals surface area (Å²) in [5, 5.41) is 0. The summed E-state index contributed by atoms with van der Waals surface area (Å²) >= 11 is 1.74. The van der Waals surface area contributed by atoms with Crippen molar-refractivity contribution in [2.75, 3.05) is 19.4 Å². The van der Waals surface area contributed by atoms with Gasteiger partial charge in [0, 0.05) is 4.90 Å². The van der Waals surface area contributed by atoms with Crippen LogP contribution in [-0.2, 0) is 4.74 Å². The van der Waals surface area contributed by atoms with Crippen LogP contribution in [0.5, 0.6) is 0 Å². The topological polar surface area (TPSA) is 52.3 Å². The van der Waals surface area contributed by atoms with Gasteiger partial charge in [0.2, 0.25) is 0 Å². The lowest BCUT2D eigenvalue weighted by Crippen LogP contribution is -2.00. The average molecular weight is 225 g/mol. The third kappa shape index (κ3) is 3.93. The Hall–Kier alpha value is -1.00. The third-order valence-corrected chi connectivity index (χ3v) is 2.99. The van der Waals surface area contributed by atoms with E-state index < -0.39 is 0 Å². The molecule has 4 heteroatoms. The van der Waals surface area contributed by atoms with Crippen LogP contribution in [0.3, 0.4) is 0 Å². The molecule has 0 aliphatic heterocycles. The summed E-state index contributed by atoms with van der Waals surface area (Å²) in [4.78, 5) is 12.3. The van der Waals surface area contributed by atoms with Crippen LogP contribution < -0.4 is 5.73 Å². The van der Waals surface area contributed by atoms with Crippen molar-refractivity contribution in [2.45, 2.75) is 11.3 Å². The fourth-order valence-corrected chi connectivity index (χ4v) is 1.95. The highest BCUT2D eigenvalue weighted by atomic mass is 32.2. The summed E-state index contributed by atoms with van der Waals surface area (Å²) in [6.45, 7) is 0.716. The Labute approximate surface area is 94.0 Å². The average Bonchev–Trinajstić information content (AvgIpc) is 2.29. The van der Waals surface area contributed by atoms with Gasteiger partial charge >= 0.3 is 5.97 Å². The molecular formula is C11H15NO2S. The van der Waals surface area contributed by atoms with E-state index in [4.69, 9.17) is 5.73 Å². The molecule has 0 aromatic heterocycles. The number of esters is 1. The minimum absolute atomic E-state index is 0.298. The number of ether oxygens (including phenoxy) is 1. The maximum atomic E-state index is 11.1. The van der Waals surface area contributed by atoms with Crippen molar-refractivity contribution >= 4 is 17.7 Å². The number of nitrogens with two attached hydrogens (primary N) is 1. The van der Waals surface area contributed by atoms with E-state index in [1.807, 2.05) is 12.1 Å². The van der Waals surface area contributed by atoms with Gasteiger partial charge in [-0.05, 0) is 43.0 Å². The molecule has 2 N–H and O–H groups in total. The molecule has 0 unspecified atom stereocenters. The van der Waals surface area contributed by atoms with Gasteiger partial charge in [0.15, 0.2) is 0 Å². The van der Waals surface area contributed by atoms with Crippen molar-refractivity contribution in [3.63, 3.8) is 0 Å². The van der Waals surface area contributed by atoms with Gasteiger partial charge in [-0.25, -0.2) is 4.79 Å². The molecule has 0 aliphatic rings. The molecule has 15 heavy (non-hydrogen) atoms. The Morgan fingerprint density at radius 1 is 1.40 bits per heavy atom. The highest BCUT2D eigenvalue weighted by Gasteiger charge is 2.03. The zero-order valence-corrected chi connectivity index (χ0v) is 9.55. The van der Waals surface area contributed by atoms with Crippen molar-refractivity contribution in [1.29, 1.82) is 0 Å². The fraction of sp³-hybridized carbons (Fsp3) is 0.364. The van der Waals surface area contributed by atoms with E-state index in [9.17, 15) is 4.79 Å². The van der Waals surface area contributed by atoms with Gasteiger partial charge in [-0.1, -0.05) is 0 Å². The molecule has 1 rings (SSSR count). The first kappa shape index (κ1) is 12.1. The summed E-state index contributed by atoms with van der Waals surface area (Å²) in [5.41, 5.74) is 5.98. The first-order chi connectivity index (χ1) is 7.27. The van der Waals surface area contributed by atoms with Crippen molar-refractivity contribution < 1.29 is 9.53 Å². The van der Waals surface area contributed by atoms with E-state index in [1.54, 1.807) is 23.9 Å². The van der Waals surface area contributed by atoms with Crippen LogP contribution in [0.2, 0.25) is 0 Å². The van der Waals surface area contributed by atoms with E-state index in [2.05, 4.69) is 4.74 Å². The molecule has 0 saturated carbocycles. The maximum Gasteiger partial charge on any atom is 0.337 e. The van der Waals surface area contributed by atoms with Gasteiger partial charge in [0.1, 0.15) is 0 Å². The number of methoxy groups -OCH3 is 1. The molecule has 0 saturated heterocycles. The standard InChI is InChI=1S/C11H15NO2S/c1-14-11(13)9-3-5-10(6-4-9)15-8-2-7-12/h3-6H,2,7-8,12H2,1H3. The summed E-state index contributed by atoms with van der Waals surface area (Å²) < 4.78 is 4.61. The van der Waals surface area contributed by atoms with Gasteiger partial charge in [0.05, 0.1) is 12.7 Å². The third-order valence-electron chi connectivity index (χ3n) is 1.89. The second-order valence-electron chi connectivity index (χ2n) is 3.01. The van der Waals surface area contributed by atoms with Crippen LogP contribution in [0.25, 0.3) is 0 Å². The second-order valence-corrected chi connectivity index (χ2v) is 4.17. The smallest absolute Gasteiger partial charge is 0.337 e. The number of hydrogen-bond acceptors (Lipinski definition) is 4. The Bertz CT molecular complexity index is 311. The molecule has 0 amide bonds. The van der Waals surface area contributed by atoms with Crippen LogP contribution in [0.1, 0.15) is 16.8 Å². The number of carbonyl (C=O) groups is 1. The van der Waals surface area contributed by atoms with Crippen LogP contribution in [0.15, 0.2) is 29.2 Å². The lowest BCUT2D eigenvalue weighted by molar-refractivity contribution is 0.0600. The van der Waals surface area contributed by atoms with Crippen LogP contribution in [-0.4, -0.2) is 25.4 Å². The highest BCUT2D eigenvalue weighted by Crippen LogP contribution is 2.19. The molecule has 0 radical (unpaired) electrons. The van der Waals surface area contributed by atoms with Crippen LogP contribution >= 0.6 is 11.8 Å². The van der Waals surface area contributed by atoms with E-state index in [1.165, 1.54) is 7.11 Å². The molecule has 0 aliphatic carbocycles.